The first-order chi connectivity index (χ1) is 10.9. The van der Waals surface area contributed by atoms with Gasteiger partial charge in [-0.15, -0.1) is 0 Å². The van der Waals surface area contributed by atoms with Crippen LogP contribution in [0.3, 0.4) is 0 Å². The predicted octanol–water partition coefficient (Wildman–Crippen LogP) is 2.05. The van der Waals surface area contributed by atoms with E-state index in [1.165, 1.54) is 0 Å². The molecule has 0 aliphatic carbocycles. The Hall–Kier alpha value is -1.86. The van der Waals surface area contributed by atoms with Gasteiger partial charge < -0.3 is 9.84 Å². The Bertz CT molecular complexity index is 832. The van der Waals surface area contributed by atoms with Crippen LogP contribution >= 0.6 is 11.6 Å². The van der Waals surface area contributed by atoms with Gasteiger partial charge in [-0.25, -0.2) is 8.42 Å². The highest BCUT2D eigenvalue weighted by molar-refractivity contribution is 7.91. The Morgan fingerprint density at radius 1 is 1.39 bits per heavy atom. The quantitative estimate of drug-likeness (QED) is 0.907. The van der Waals surface area contributed by atoms with E-state index in [0.717, 1.165) is 5.56 Å². The Labute approximate surface area is 138 Å². The first kappa shape index (κ1) is 16.0. The zero-order valence-corrected chi connectivity index (χ0v) is 13.7. The van der Waals surface area contributed by atoms with Crippen molar-refractivity contribution in [2.75, 3.05) is 11.5 Å². The van der Waals surface area contributed by atoms with Crippen LogP contribution in [0.25, 0.3) is 11.3 Å². The van der Waals surface area contributed by atoms with Gasteiger partial charge in [0.1, 0.15) is 5.69 Å². The van der Waals surface area contributed by atoms with Gasteiger partial charge in [-0.3, -0.25) is 4.79 Å². The molecule has 0 radical (unpaired) electrons. The molecule has 1 unspecified atom stereocenters. The maximum Gasteiger partial charge on any atom is 0.224 e. The molecule has 122 valence electrons. The fourth-order valence-electron chi connectivity index (χ4n) is 2.51. The van der Waals surface area contributed by atoms with Gasteiger partial charge in [-0.2, -0.15) is 0 Å². The van der Waals surface area contributed by atoms with Crippen LogP contribution in [0.1, 0.15) is 12.2 Å². The van der Waals surface area contributed by atoms with Crippen molar-refractivity contribution in [3.05, 3.63) is 41.1 Å². The second-order valence-electron chi connectivity index (χ2n) is 5.48. The highest BCUT2D eigenvalue weighted by Gasteiger charge is 2.32. The largest absolute Gasteiger partial charge is 0.359 e. The molecule has 1 aliphatic rings. The molecule has 1 atom stereocenters. The summed E-state index contributed by atoms with van der Waals surface area (Å²) in [6.45, 7) is 0.160. The van der Waals surface area contributed by atoms with Crippen LogP contribution in [0.5, 0.6) is 0 Å². The summed E-state index contributed by atoms with van der Waals surface area (Å²) < 4.78 is 28.0. The Kier molecular flexibility index (Phi) is 4.41. The Balaban J connectivity index is 1.62. The monoisotopic (exact) mass is 354 g/mol. The summed E-state index contributed by atoms with van der Waals surface area (Å²) in [6.07, 6.45) is 0.370. The van der Waals surface area contributed by atoms with Gasteiger partial charge >= 0.3 is 0 Å². The predicted molar refractivity (Wildman–Crippen MR) is 85.6 cm³/mol. The number of rotatable bonds is 4. The molecule has 0 saturated carbocycles. The molecule has 1 fully saturated rings. The molecule has 1 aliphatic heterocycles. The number of halogens is 1. The minimum atomic E-state index is -3.07. The highest BCUT2D eigenvalue weighted by Crippen LogP contribution is 2.27. The molecule has 1 amide bonds. The summed E-state index contributed by atoms with van der Waals surface area (Å²) in [4.78, 5) is 12.0. The summed E-state index contributed by atoms with van der Waals surface area (Å²) in [5.74, 6) is -0.286. The number of hydrogen-bond donors (Lipinski definition) is 1. The lowest BCUT2D eigenvalue weighted by atomic mass is 10.1. The number of carbonyl (C=O) groups excluding carboxylic acids is 1. The van der Waals surface area contributed by atoms with Crippen LogP contribution in [0.4, 0.5) is 0 Å². The standard InChI is InChI=1S/C15H15ClN2O4S/c16-13-4-2-1-3-12(13)14-7-11(22-18-14)8-17-15(19)10-5-6-23(20,21)9-10/h1-4,7,10H,5-6,8-9H2,(H,17,19). The normalized spacial score (nSPS) is 19.6. The maximum atomic E-state index is 12.0. The molecular weight excluding hydrogens is 340 g/mol. The molecule has 23 heavy (non-hydrogen) atoms. The number of aromatic nitrogens is 1. The summed E-state index contributed by atoms with van der Waals surface area (Å²) in [5.41, 5.74) is 1.33. The lowest BCUT2D eigenvalue weighted by Crippen LogP contribution is -2.30. The third-order valence-corrected chi connectivity index (χ3v) is 5.85. The van der Waals surface area contributed by atoms with Crippen molar-refractivity contribution in [3.63, 3.8) is 0 Å². The zero-order chi connectivity index (χ0) is 16.4. The molecule has 6 nitrogen and oxygen atoms in total. The summed E-state index contributed by atoms with van der Waals surface area (Å²) in [5, 5.41) is 7.19. The van der Waals surface area contributed by atoms with E-state index in [2.05, 4.69) is 10.5 Å². The fraction of sp³-hybridized carbons (Fsp3) is 0.333. The third kappa shape index (κ3) is 3.73. The minimum Gasteiger partial charge on any atom is -0.359 e. The smallest absolute Gasteiger partial charge is 0.224 e. The molecule has 2 aromatic rings. The molecular formula is C15H15ClN2O4S. The molecule has 1 aromatic heterocycles. The van der Waals surface area contributed by atoms with Crippen molar-refractivity contribution in [3.8, 4) is 11.3 Å². The molecule has 8 heteroatoms. The minimum absolute atomic E-state index is 0.0735. The van der Waals surface area contributed by atoms with Crippen LogP contribution < -0.4 is 5.32 Å². The number of nitrogens with zero attached hydrogens (tertiary/aromatic N) is 1. The number of benzene rings is 1. The maximum absolute atomic E-state index is 12.0. The SMILES string of the molecule is O=C(NCc1cc(-c2ccccc2Cl)no1)C1CCS(=O)(=O)C1. The average molecular weight is 355 g/mol. The number of carbonyl (C=O) groups is 1. The topological polar surface area (TPSA) is 89.3 Å². The zero-order valence-electron chi connectivity index (χ0n) is 12.2. The highest BCUT2D eigenvalue weighted by atomic mass is 35.5. The third-order valence-electron chi connectivity index (χ3n) is 3.75. The van der Waals surface area contributed by atoms with Crippen LogP contribution in [0.2, 0.25) is 5.02 Å². The second kappa shape index (κ2) is 6.33. The van der Waals surface area contributed by atoms with Gasteiger partial charge in [0, 0.05) is 11.6 Å². The van der Waals surface area contributed by atoms with Crippen molar-refractivity contribution < 1.29 is 17.7 Å². The fourth-order valence-corrected chi connectivity index (χ4v) is 4.49. The Morgan fingerprint density at radius 3 is 2.87 bits per heavy atom. The number of amides is 1. The molecule has 1 aromatic carbocycles. The van der Waals surface area contributed by atoms with Crippen LogP contribution in [0, 0.1) is 5.92 Å². The van der Waals surface area contributed by atoms with Crippen molar-refractivity contribution in [1.82, 2.24) is 10.5 Å². The van der Waals surface area contributed by atoms with E-state index < -0.39 is 15.8 Å². The molecule has 1 saturated heterocycles. The lowest BCUT2D eigenvalue weighted by molar-refractivity contribution is -0.124. The first-order valence-electron chi connectivity index (χ1n) is 7.13. The Morgan fingerprint density at radius 2 is 2.17 bits per heavy atom. The van der Waals surface area contributed by atoms with E-state index >= 15 is 0 Å². The van der Waals surface area contributed by atoms with Crippen molar-refractivity contribution in [2.45, 2.75) is 13.0 Å². The first-order valence-corrected chi connectivity index (χ1v) is 9.33. The van der Waals surface area contributed by atoms with E-state index in [4.69, 9.17) is 16.1 Å². The van der Waals surface area contributed by atoms with Crippen LogP contribution in [0.15, 0.2) is 34.9 Å². The van der Waals surface area contributed by atoms with E-state index in [9.17, 15) is 13.2 Å². The second-order valence-corrected chi connectivity index (χ2v) is 8.11. The van der Waals surface area contributed by atoms with Crippen molar-refractivity contribution >= 4 is 27.3 Å². The van der Waals surface area contributed by atoms with E-state index in [1.807, 2.05) is 18.2 Å². The summed E-state index contributed by atoms with van der Waals surface area (Å²) in [6, 6.07) is 8.95. The van der Waals surface area contributed by atoms with Crippen LogP contribution in [-0.4, -0.2) is 31.0 Å². The molecule has 0 bridgehead atoms. The van der Waals surface area contributed by atoms with Crippen molar-refractivity contribution in [2.24, 2.45) is 5.92 Å². The molecule has 0 spiro atoms. The van der Waals surface area contributed by atoms with Gasteiger partial charge in [0.15, 0.2) is 15.6 Å². The number of sulfone groups is 1. The number of nitrogens with one attached hydrogen (secondary N) is 1. The van der Waals surface area contributed by atoms with Gasteiger partial charge in [0.05, 0.1) is 29.0 Å². The summed E-state index contributed by atoms with van der Waals surface area (Å²) in [7, 11) is -3.07. The van der Waals surface area contributed by atoms with Gasteiger partial charge in [-0.05, 0) is 12.5 Å². The summed E-state index contributed by atoms with van der Waals surface area (Å²) >= 11 is 6.10. The van der Waals surface area contributed by atoms with Gasteiger partial charge in [-0.1, -0.05) is 35.0 Å². The van der Waals surface area contributed by atoms with Crippen LogP contribution in [-0.2, 0) is 21.2 Å². The average Bonchev–Trinajstić information content (AvgIpc) is 3.12. The molecule has 3 rings (SSSR count). The van der Waals surface area contributed by atoms with E-state index in [-0.39, 0.29) is 24.0 Å². The van der Waals surface area contributed by atoms with E-state index in [1.54, 1.807) is 12.1 Å². The van der Waals surface area contributed by atoms with Crippen molar-refractivity contribution in [1.29, 1.82) is 0 Å². The molecule has 2 heterocycles. The lowest BCUT2D eigenvalue weighted by Gasteiger charge is -2.07. The molecule has 1 N–H and O–H groups in total. The number of hydrogen-bond acceptors (Lipinski definition) is 5. The van der Waals surface area contributed by atoms with Gasteiger partial charge in [0.2, 0.25) is 5.91 Å². The van der Waals surface area contributed by atoms with Gasteiger partial charge in [0.25, 0.3) is 0 Å². The van der Waals surface area contributed by atoms with E-state index in [0.29, 0.717) is 22.9 Å².